The van der Waals surface area contributed by atoms with Crippen LogP contribution in [0.1, 0.15) is 0 Å². The summed E-state index contributed by atoms with van der Waals surface area (Å²) >= 11 is 2.00. The second kappa shape index (κ2) is 4.20. The fourth-order valence-corrected chi connectivity index (χ4v) is 0.307. The van der Waals surface area contributed by atoms with Crippen molar-refractivity contribution >= 4 is 22.9 Å². The van der Waals surface area contributed by atoms with Gasteiger partial charge in [0.05, 0.1) is 22.9 Å². The van der Waals surface area contributed by atoms with Crippen LogP contribution in [0.15, 0.2) is 12.4 Å². The Bertz CT molecular complexity index is 61.2. The Balaban J connectivity index is 3.08. The molecule has 0 amide bonds. The SMILES string of the molecule is CN(N)/C=C\NI. The van der Waals surface area contributed by atoms with Crippen LogP contribution in [0.25, 0.3) is 0 Å². The molecule has 0 spiro atoms. The van der Waals surface area contributed by atoms with Crippen LogP contribution in [0, 0.1) is 0 Å². The van der Waals surface area contributed by atoms with Crippen molar-refractivity contribution in [1.29, 1.82) is 0 Å². The molecule has 7 heavy (non-hydrogen) atoms. The summed E-state index contributed by atoms with van der Waals surface area (Å²) in [5, 5.41) is 1.46. The summed E-state index contributed by atoms with van der Waals surface area (Å²) in [6.07, 6.45) is 3.45. The van der Waals surface area contributed by atoms with Gasteiger partial charge in [0.2, 0.25) is 0 Å². The highest BCUT2D eigenvalue weighted by atomic mass is 127. The van der Waals surface area contributed by atoms with E-state index < -0.39 is 0 Å². The van der Waals surface area contributed by atoms with Gasteiger partial charge in [-0.15, -0.1) is 0 Å². The molecule has 0 aromatic carbocycles. The third-order valence-electron chi connectivity index (χ3n) is 0.373. The van der Waals surface area contributed by atoms with Crippen LogP contribution in [0.2, 0.25) is 0 Å². The summed E-state index contributed by atoms with van der Waals surface area (Å²) < 4.78 is 2.77. The Labute approximate surface area is 57.0 Å². The summed E-state index contributed by atoms with van der Waals surface area (Å²) in [6, 6.07) is 0. The Morgan fingerprint density at radius 1 is 1.86 bits per heavy atom. The zero-order valence-electron chi connectivity index (χ0n) is 4.06. The maximum absolute atomic E-state index is 5.18. The molecule has 0 aliphatic carbocycles. The third-order valence-corrected chi connectivity index (χ3v) is 0.732. The molecular formula is C3H8IN3. The average Bonchev–Trinajstić information content (AvgIpc) is 1.61. The first kappa shape index (κ1) is 7.03. The Morgan fingerprint density at radius 3 is 2.57 bits per heavy atom. The van der Waals surface area contributed by atoms with Crippen LogP contribution >= 0.6 is 22.9 Å². The minimum Gasteiger partial charge on any atom is -0.333 e. The van der Waals surface area contributed by atoms with E-state index in [1.165, 1.54) is 5.01 Å². The van der Waals surface area contributed by atoms with E-state index in [2.05, 4.69) is 3.53 Å². The van der Waals surface area contributed by atoms with E-state index in [0.717, 1.165) is 0 Å². The second-order valence-corrected chi connectivity index (χ2v) is 1.71. The average molecular weight is 213 g/mol. The molecule has 0 aliphatic heterocycles. The minimum absolute atomic E-state index is 1.46. The molecule has 42 valence electrons. The molecule has 3 N–H and O–H groups in total. The monoisotopic (exact) mass is 213 g/mol. The predicted molar refractivity (Wildman–Crippen MR) is 38.2 cm³/mol. The molecule has 0 radical (unpaired) electrons. The van der Waals surface area contributed by atoms with Gasteiger partial charge in [-0.3, -0.25) is 0 Å². The van der Waals surface area contributed by atoms with Crippen LogP contribution in [0.4, 0.5) is 0 Å². The highest BCUT2D eigenvalue weighted by Crippen LogP contribution is 1.72. The molecule has 3 nitrogen and oxygen atoms in total. The van der Waals surface area contributed by atoms with E-state index in [0.29, 0.717) is 0 Å². The second-order valence-electron chi connectivity index (χ2n) is 1.09. The normalized spacial score (nSPS) is 9.57. The van der Waals surface area contributed by atoms with E-state index in [4.69, 9.17) is 5.84 Å². The van der Waals surface area contributed by atoms with Crippen molar-refractivity contribution in [3.8, 4) is 0 Å². The lowest BCUT2D eigenvalue weighted by Crippen LogP contribution is -2.18. The largest absolute Gasteiger partial charge is 0.333 e. The van der Waals surface area contributed by atoms with Gasteiger partial charge in [-0.1, -0.05) is 0 Å². The summed E-state index contributed by atoms with van der Waals surface area (Å²) in [5.41, 5.74) is 0. The van der Waals surface area contributed by atoms with Crippen LogP contribution in [0.5, 0.6) is 0 Å². The van der Waals surface area contributed by atoms with Gasteiger partial charge >= 0.3 is 0 Å². The lowest BCUT2D eigenvalue weighted by molar-refractivity contribution is 0.483. The van der Waals surface area contributed by atoms with E-state index in [1.807, 2.05) is 22.9 Å². The first-order valence-corrected chi connectivity index (χ1v) is 2.85. The van der Waals surface area contributed by atoms with Crippen molar-refractivity contribution in [2.24, 2.45) is 5.84 Å². The molecular weight excluding hydrogens is 205 g/mol. The summed E-state index contributed by atoms with van der Waals surface area (Å²) in [7, 11) is 1.75. The molecule has 0 heterocycles. The standard InChI is InChI=1S/C3H8IN3/c1-7(5)3-2-6-4/h2-3,6H,5H2,1H3/b3-2-. The van der Waals surface area contributed by atoms with E-state index in [1.54, 1.807) is 19.4 Å². The van der Waals surface area contributed by atoms with E-state index in [9.17, 15) is 0 Å². The maximum Gasteiger partial charge on any atom is 0.0555 e. The molecule has 4 heteroatoms. The summed E-state index contributed by atoms with van der Waals surface area (Å²) in [5.74, 6) is 5.18. The lowest BCUT2D eigenvalue weighted by Gasteiger charge is -2.00. The van der Waals surface area contributed by atoms with Gasteiger partial charge in [-0.05, 0) is 0 Å². The quantitative estimate of drug-likeness (QED) is 0.298. The molecule has 0 saturated carbocycles. The number of hydrogen-bond acceptors (Lipinski definition) is 3. The Morgan fingerprint density at radius 2 is 2.43 bits per heavy atom. The number of nitrogens with zero attached hydrogens (tertiary/aromatic N) is 1. The summed E-state index contributed by atoms with van der Waals surface area (Å²) in [6.45, 7) is 0. The highest BCUT2D eigenvalue weighted by Gasteiger charge is 1.69. The van der Waals surface area contributed by atoms with Crippen molar-refractivity contribution in [2.75, 3.05) is 7.05 Å². The lowest BCUT2D eigenvalue weighted by atomic mass is 10.9. The molecule has 0 saturated heterocycles. The van der Waals surface area contributed by atoms with Gasteiger partial charge in [0.15, 0.2) is 0 Å². The third kappa shape index (κ3) is 6.03. The van der Waals surface area contributed by atoms with Gasteiger partial charge in [0.25, 0.3) is 0 Å². The molecule has 0 aliphatic rings. The van der Waals surface area contributed by atoms with Crippen LogP contribution in [0.3, 0.4) is 0 Å². The van der Waals surface area contributed by atoms with Gasteiger partial charge in [0, 0.05) is 19.4 Å². The molecule has 0 atom stereocenters. The number of hydrogen-bond donors (Lipinski definition) is 2. The van der Waals surface area contributed by atoms with Crippen LogP contribution in [-0.4, -0.2) is 12.1 Å². The molecule has 0 rings (SSSR count). The van der Waals surface area contributed by atoms with Crippen LogP contribution in [-0.2, 0) is 0 Å². The fourth-order valence-electron chi connectivity index (χ4n) is 0.146. The van der Waals surface area contributed by atoms with E-state index in [-0.39, 0.29) is 0 Å². The number of nitrogens with one attached hydrogen (secondary N) is 1. The maximum atomic E-state index is 5.18. The molecule has 0 fully saturated rings. The number of halogens is 1. The van der Waals surface area contributed by atoms with Crippen molar-refractivity contribution in [3.63, 3.8) is 0 Å². The van der Waals surface area contributed by atoms with Crippen molar-refractivity contribution in [2.45, 2.75) is 0 Å². The topological polar surface area (TPSA) is 41.3 Å². The first-order valence-electron chi connectivity index (χ1n) is 1.77. The van der Waals surface area contributed by atoms with Crippen molar-refractivity contribution in [1.82, 2.24) is 8.54 Å². The molecule has 0 aromatic heterocycles. The van der Waals surface area contributed by atoms with Gasteiger partial charge in [-0.2, -0.15) is 0 Å². The van der Waals surface area contributed by atoms with Gasteiger partial charge in [0.1, 0.15) is 0 Å². The Kier molecular flexibility index (Phi) is 4.21. The minimum atomic E-state index is 1.46. The zero-order valence-corrected chi connectivity index (χ0v) is 6.21. The Hall–Kier alpha value is 0.0300. The van der Waals surface area contributed by atoms with Crippen LogP contribution < -0.4 is 9.37 Å². The van der Waals surface area contributed by atoms with Gasteiger partial charge in [-0.25, -0.2) is 5.84 Å². The number of hydrazine groups is 1. The fraction of sp³-hybridized carbons (Fsp3) is 0.333. The summed E-state index contributed by atoms with van der Waals surface area (Å²) in [4.78, 5) is 0. The molecule has 0 aromatic rings. The van der Waals surface area contributed by atoms with Gasteiger partial charge < -0.3 is 8.54 Å². The smallest absolute Gasteiger partial charge is 0.0555 e. The predicted octanol–water partition coefficient (Wildman–Crippen LogP) is 0.203. The number of nitrogens with two attached hydrogens (primary N) is 1. The van der Waals surface area contributed by atoms with Crippen molar-refractivity contribution < 1.29 is 0 Å². The number of rotatable bonds is 2. The highest BCUT2D eigenvalue weighted by molar-refractivity contribution is 14.1. The zero-order chi connectivity index (χ0) is 5.70. The van der Waals surface area contributed by atoms with Crippen molar-refractivity contribution in [3.05, 3.63) is 12.4 Å². The van der Waals surface area contributed by atoms with E-state index >= 15 is 0 Å². The molecule has 0 bridgehead atoms. The molecule has 0 unspecified atom stereocenters. The first-order chi connectivity index (χ1) is 3.27.